The Labute approximate surface area is 98.2 Å². The Morgan fingerprint density at radius 3 is 3.12 bits per heavy atom. The average Bonchev–Trinajstić information content (AvgIpc) is 2.77. The third-order valence-corrected chi connectivity index (χ3v) is 4.32. The fourth-order valence-corrected chi connectivity index (χ4v) is 3.47. The molecule has 2 heterocycles. The van der Waals surface area contributed by atoms with Crippen molar-refractivity contribution in [2.45, 2.75) is 25.3 Å². The molecule has 0 bridgehead atoms. The number of aromatic amines is 1. The molecule has 0 amide bonds. The van der Waals surface area contributed by atoms with Crippen molar-refractivity contribution in [3.8, 4) is 0 Å². The summed E-state index contributed by atoms with van der Waals surface area (Å²) < 4.78 is 0. The van der Waals surface area contributed by atoms with E-state index in [0.29, 0.717) is 0 Å². The van der Waals surface area contributed by atoms with Crippen molar-refractivity contribution in [2.75, 3.05) is 18.1 Å². The molecule has 1 unspecified atom stereocenters. The predicted octanol–water partition coefficient (Wildman–Crippen LogP) is 0.636. The first-order valence-corrected chi connectivity index (χ1v) is 6.93. The van der Waals surface area contributed by atoms with E-state index in [0.717, 1.165) is 48.7 Å². The van der Waals surface area contributed by atoms with Crippen LogP contribution in [0.5, 0.6) is 0 Å². The van der Waals surface area contributed by atoms with Crippen molar-refractivity contribution >= 4 is 11.8 Å². The molecule has 0 saturated carbocycles. The molecule has 0 aromatic carbocycles. The van der Waals surface area contributed by atoms with Gasteiger partial charge in [0.1, 0.15) is 0 Å². The number of aryl methyl sites for hydroxylation is 1. The number of fused-ring (bicyclic) bond motifs is 1. The highest BCUT2D eigenvalue weighted by atomic mass is 32.2. The zero-order valence-corrected chi connectivity index (χ0v) is 9.90. The van der Waals surface area contributed by atoms with Crippen molar-refractivity contribution in [3.05, 3.63) is 27.4 Å². The van der Waals surface area contributed by atoms with Gasteiger partial charge in [0.25, 0.3) is 0 Å². The van der Waals surface area contributed by atoms with Crippen molar-refractivity contribution in [3.63, 3.8) is 0 Å². The van der Waals surface area contributed by atoms with E-state index in [1.54, 1.807) is 0 Å². The Bertz CT molecular complexity index is 451. The maximum absolute atomic E-state index is 11.5. The van der Waals surface area contributed by atoms with Gasteiger partial charge in [-0.3, -0.25) is 0 Å². The van der Waals surface area contributed by atoms with Gasteiger partial charge in [-0.05, 0) is 24.8 Å². The van der Waals surface area contributed by atoms with E-state index in [4.69, 9.17) is 0 Å². The Kier molecular flexibility index (Phi) is 2.73. The van der Waals surface area contributed by atoms with Crippen LogP contribution < -0.4 is 11.0 Å². The number of hydrogen-bond acceptors (Lipinski definition) is 4. The summed E-state index contributed by atoms with van der Waals surface area (Å²) in [5, 5.41) is 3.46. The van der Waals surface area contributed by atoms with Crippen LogP contribution in [0.3, 0.4) is 0 Å². The summed E-state index contributed by atoms with van der Waals surface area (Å²) in [7, 11) is 0. The molecule has 1 saturated heterocycles. The Balaban J connectivity index is 2.02. The normalized spacial score (nSPS) is 24.4. The highest BCUT2D eigenvalue weighted by Crippen LogP contribution is 2.28. The molecule has 0 spiro atoms. The maximum Gasteiger partial charge on any atom is 0.345 e. The van der Waals surface area contributed by atoms with Gasteiger partial charge in [0.2, 0.25) is 0 Å². The minimum atomic E-state index is -0.187. The van der Waals surface area contributed by atoms with E-state index in [9.17, 15) is 4.79 Å². The van der Waals surface area contributed by atoms with Crippen molar-refractivity contribution in [2.24, 2.45) is 0 Å². The van der Waals surface area contributed by atoms with Gasteiger partial charge in [-0.1, -0.05) is 0 Å². The van der Waals surface area contributed by atoms with Crippen LogP contribution in [0.1, 0.15) is 29.4 Å². The molecular formula is C11H15N3OS. The minimum absolute atomic E-state index is 0.187. The second-order valence-corrected chi connectivity index (χ2v) is 5.47. The molecule has 0 radical (unpaired) electrons. The van der Waals surface area contributed by atoms with Crippen LogP contribution in [0.4, 0.5) is 0 Å². The van der Waals surface area contributed by atoms with Crippen molar-refractivity contribution in [1.29, 1.82) is 0 Å². The summed E-state index contributed by atoms with van der Waals surface area (Å²) in [5.74, 6) is 2.19. The lowest BCUT2D eigenvalue weighted by Gasteiger charge is -2.24. The summed E-state index contributed by atoms with van der Waals surface area (Å²) in [6.45, 7) is 1.01. The SMILES string of the molecule is O=c1nc(C2CSCCN2)c2c([nH]1)CCC2. The van der Waals surface area contributed by atoms with Crippen LogP contribution in [0.2, 0.25) is 0 Å². The van der Waals surface area contributed by atoms with Gasteiger partial charge in [-0.2, -0.15) is 16.7 Å². The fourth-order valence-electron chi connectivity index (χ4n) is 2.53. The standard InChI is InChI=1S/C11H15N3OS/c15-11-13-8-3-1-2-7(8)10(14-11)9-6-16-5-4-12-9/h9,12H,1-6H2,(H,13,14,15). The van der Waals surface area contributed by atoms with Crippen LogP contribution in [-0.4, -0.2) is 28.0 Å². The van der Waals surface area contributed by atoms with Crippen LogP contribution in [-0.2, 0) is 12.8 Å². The summed E-state index contributed by atoms with van der Waals surface area (Å²) >= 11 is 1.93. The smallest absolute Gasteiger partial charge is 0.310 e. The van der Waals surface area contributed by atoms with Crippen LogP contribution >= 0.6 is 11.8 Å². The number of rotatable bonds is 1. The van der Waals surface area contributed by atoms with E-state index in [1.165, 1.54) is 5.56 Å². The Morgan fingerprint density at radius 1 is 1.38 bits per heavy atom. The van der Waals surface area contributed by atoms with Gasteiger partial charge >= 0.3 is 5.69 Å². The second-order valence-electron chi connectivity index (χ2n) is 4.32. The third kappa shape index (κ3) is 1.78. The molecule has 3 rings (SSSR count). The molecule has 1 aromatic rings. The summed E-state index contributed by atoms with van der Waals surface area (Å²) in [6, 6.07) is 0.271. The monoisotopic (exact) mass is 237 g/mol. The number of nitrogens with zero attached hydrogens (tertiary/aromatic N) is 1. The van der Waals surface area contributed by atoms with Crippen LogP contribution in [0.25, 0.3) is 0 Å². The van der Waals surface area contributed by atoms with Gasteiger partial charge in [0, 0.05) is 23.7 Å². The highest BCUT2D eigenvalue weighted by molar-refractivity contribution is 7.99. The third-order valence-electron chi connectivity index (χ3n) is 3.26. The van der Waals surface area contributed by atoms with Gasteiger partial charge < -0.3 is 10.3 Å². The molecule has 1 aliphatic carbocycles. The molecule has 2 N–H and O–H groups in total. The van der Waals surface area contributed by atoms with Gasteiger partial charge in [-0.25, -0.2) is 4.79 Å². The Morgan fingerprint density at radius 2 is 2.31 bits per heavy atom. The molecule has 86 valence electrons. The maximum atomic E-state index is 11.5. The minimum Gasteiger partial charge on any atom is -0.310 e. The van der Waals surface area contributed by atoms with Crippen LogP contribution in [0.15, 0.2) is 4.79 Å². The number of aromatic nitrogens is 2. The first-order valence-electron chi connectivity index (χ1n) is 5.77. The number of thioether (sulfide) groups is 1. The van der Waals surface area contributed by atoms with E-state index in [2.05, 4.69) is 15.3 Å². The lowest BCUT2D eigenvalue weighted by molar-refractivity contribution is 0.571. The molecule has 1 fully saturated rings. The van der Waals surface area contributed by atoms with Crippen LogP contribution in [0, 0.1) is 0 Å². The molecule has 2 aliphatic rings. The summed E-state index contributed by atoms with van der Waals surface area (Å²) in [4.78, 5) is 18.5. The molecular weight excluding hydrogens is 222 g/mol. The van der Waals surface area contributed by atoms with E-state index >= 15 is 0 Å². The predicted molar refractivity (Wildman–Crippen MR) is 65.0 cm³/mol. The molecule has 1 aromatic heterocycles. The molecule has 5 heteroatoms. The lowest BCUT2D eigenvalue weighted by atomic mass is 10.1. The average molecular weight is 237 g/mol. The Hall–Kier alpha value is -0.810. The fraction of sp³-hybridized carbons (Fsp3) is 0.636. The first kappa shape index (κ1) is 10.4. The zero-order valence-electron chi connectivity index (χ0n) is 9.08. The second kappa shape index (κ2) is 4.22. The van der Waals surface area contributed by atoms with Gasteiger partial charge in [0.15, 0.2) is 0 Å². The molecule has 1 aliphatic heterocycles. The largest absolute Gasteiger partial charge is 0.345 e. The van der Waals surface area contributed by atoms with Crippen molar-refractivity contribution in [1.82, 2.24) is 15.3 Å². The molecule has 16 heavy (non-hydrogen) atoms. The van der Waals surface area contributed by atoms with Crippen molar-refractivity contribution < 1.29 is 0 Å². The van der Waals surface area contributed by atoms with E-state index in [1.807, 2.05) is 11.8 Å². The summed E-state index contributed by atoms with van der Waals surface area (Å²) in [6.07, 6.45) is 3.21. The quantitative estimate of drug-likeness (QED) is 0.752. The van der Waals surface area contributed by atoms with E-state index < -0.39 is 0 Å². The number of nitrogens with one attached hydrogen (secondary N) is 2. The lowest BCUT2D eigenvalue weighted by Crippen LogP contribution is -2.33. The van der Waals surface area contributed by atoms with E-state index in [-0.39, 0.29) is 11.7 Å². The molecule has 4 nitrogen and oxygen atoms in total. The topological polar surface area (TPSA) is 57.8 Å². The highest BCUT2D eigenvalue weighted by Gasteiger charge is 2.24. The van der Waals surface area contributed by atoms with Gasteiger partial charge in [-0.15, -0.1) is 0 Å². The molecule has 1 atom stereocenters. The number of H-pyrrole nitrogens is 1. The zero-order chi connectivity index (χ0) is 11.0. The van der Waals surface area contributed by atoms with Gasteiger partial charge in [0.05, 0.1) is 11.7 Å². The first-order chi connectivity index (χ1) is 7.84. The number of hydrogen-bond donors (Lipinski definition) is 2. The summed E-state index contributed by atoms with van der Waals surface area (Å²) in [5.41, 5.74) is 3.23.